The molecule has 0 aliphatic carbocycles. The van der Waals surface area contributed by atoms with Crippen LogP contribution in [0.25, 0.3) is 22.2 Å². The molecule has 1 aliphatic heterocycles. The van der Waals surface area contributed by atoms with E-state index in [9.17, 15) is 0 Å². The summed E-state index contributed by atoms with van der Waals surface area (Å²) in [5.74, 6) is 0.476. The second kappa shape index (κ2) is 8.47. The number of piperidine rings is 1. The van der Waals surface area contributed by atoms with E-state index in [1.807, 2.05) is 12.1 Å². The Kier molecular flexibility index (Phi) is 5.56. The number of benzene rings is 3. The van der Waals surface area contributed by atoms with Gasteiger partial charge in [-0.25, -0.2) is 0 Å². The molecule has 1 aliphatic rings. The van der Waals surface area contributed by atoms with E-state index in [1.54, 1.807) is 0 Å². The normalized spacial score (nSPS) is 15.7. The van der Waals surface area contributed by atoms with Crippen molar-refractivity contribution in [1.29, 1.82) is 0 Å². The maximum atomic E-state index is 6.48. The van der Waals surface area contributed by atoms with Crippen molar-refractivity contribution in [2.45, 2.75) is 25.3 Å². The van der Waals surface area contributed by atoms with E-state index in [1.165, 1.54) is 33.3 Å². The predicted octanol–water partition coefficient (Wildman–Crippen LogP) is 7.52. The lowest BCUT2D eigenvalue weighted by atomic mass is 9.89. The van der Waals surface area contributed by atoms with Crippen LogP contribution in [0.2, 0.25) is 10.0 Å². The van der Waals surface area contributed by atoms with Crippen molar-refractivity contribution < 1.29 is 0 Å². The van der Waals surface area contributed by atoms with E-state index >= 15 is 0 Å². The smallest absolute Gasteiger partial charge is 0.0627 e. The Labute approximate surface area is 187 Å². The fourth-order valence-corrected chi connectivity index (χ4v) is 5.14. The summed E-state index contributed by atoms with van der Waals surface area (Å²) in [5, 5.41) is 2.69. The molecule has 1 N–H and O–H groups in total. The topological polar surface area (TPSA) is 19.0 Å². The highest BCUT2D eigenvalue weighted by atomic mass is 35.5. The largest absolute Gasteiger partial charge is 0.354 e. The van der Waals surface area contributed by atoms with Crippen LogP contribution in [0.3, 0.4) is 0 Å². The summed E-state index contributed by atoms with van der Waals surface area (Å²) in [6.07, 6.45) is 2.20. The number of nitrogens with zero attached hydrogens (tertiary/aromatic N) is 1. The van der Waals surface area contributed by atoms with E-state index in [4.69, 9.17) is 23.2 Å². The third kappa shape index (κ3) is 3.76. The first-order valence-electron chi connectivity index (χ1n) is 10.5. The molecular weight excluding hydrogens is 411 g/mol. The van der Waals surface area contributed by atoms with Gasteiger partial charge in [0.05, 0.1) is 15.7 Å². The fraction of sp³-hybridized carbons (Fsp3) is 0.231. The minimum atomic E-state index is 0.476. The Hall–Kier alpha value is -2.26. The summed E-state index contributed by atoms with van der Waals surface area (Å²) in [4.78, 5) is 6.23. The molecular formula is C26H24Cl2N2. The highest BCUT2D eigenvalue weighted by Gasteiger charge is 2.24. The van der Waals surface area contributed by atoms with Crippen molar-refractivity contribution in [3.8, 4) is 11.3 Å². The number of nitrogens with one attached hydrogen (secondary N) is 1. The van der Waals surface area contributed by atoms with E-state index in [2.05, 4.69) is 70.5 Å². The van der Waals surface area contributed by atoms with Gasteiger partial charge in [0, 0.05) is 17.4 Å². The summed E-state index contributed by atoms with van der Waals surface area (Å²) in [7, 11) is 0. The molecule has 4 heteroatoms. The van der Waals surface area contributed by atoms with Crippen molar-refractivity contribution in [1.82, 2.24) is 9.88 Å². The van der Waals surface area contributed by atoms with Gasteiger partial charge in [-0.15, -0.1) is 0 Å². The van der Waals surface area contributed by atoms with Crippen LogP contribution in [0.5, 0.6) is 0 Å². The lowest BCUT2D eigenvalue weighted by Crippen LogP contribution is -2.32. The Morgan fingerprint density at radius 3 is 2.37 bits per heavy atom. The van der Waals surface area contributed by atoms with Crippen molar-refractivity contribution in [2.24, 2.45) is 0 Å². The number of likely N-dealkylation sites (tertiary alicyclic amines) is 1. The average Bonchev–Trinajstić information content (AvgIpc) is 3.15. The van der Waals surface area contributed by atoms with E-state index in [-0.39, 0.29) is 0 Å². The number of fused-ring (bicyclic) bond motifs is 1. The highest BCUT2D eigenvalue weighted by Crippen LogP contribution is 2.37. The average molecular weight is 435 g/mol. The molecule has 2 heterocycles. The van der Waals surface area contributed by atoms with Gasteiger partial charge in [0.25, 0.3) is 0 Å². The molecule has 0 saturated carbocycles. The van der Waals surface area contributed by atoms with Crippen molar-refractivity contribution in [3.63, 3.8) is 0 Å². The monoisotopic (exact) mass is 434 g/mol. The summed E-state index contributed by atoms with van der Waals surface area (Å²) in [6, 6.07) is 25.3. The molecule has 1 saturated heterocycles. The van der Waals surface area contributed by atoms with E-state index in [0.29, 0.717) is 10.9 Å². The minimum absolute atomic E-state index is 0.476. The van der Waals surface area contributed by atoms with Crippen LogP contribution in [-0.2, 0) is 6.54 Å². The molecule has 2 nitrogen and oxygen atoms in total. The molecule has 152 valence electrons. The molecule has 0 atom stereocenters. The third-order valence-corrected chi connectivity index (χ3v) is 7.10. The summed E-state index contributed by atoms with van der Waals surface area (Å²) in [5.41, 5.74) is 6.25. The Bertz CT molecular complexity index is 1160. The molecule has 0 radical (unpaired) electrons. The van der Waals surface area contributed by atoms with Crippen LogP contribution in [0.1, 0.15) is 29.9 Å². The molecule has 1 aromatic heterocycles. The Morgan fingerprint density at radius 1 is 0.833 bits per heavy atom. The van der Waals surface area contributed by atoms with Gasteiger partial charge in [-0.05, 0) is 60.7 Å². The predicted molar refractivity (Wildman–Crippen MR) is 127 cm³/mol. The molecule has 1 fully saturated rings. The number of aromatic amines is 1. The Balaban J connectivity index is 1.39. The fourth-order valence-electron chi connectivity index (χ4n) is 4.68. The first-order valence-corrected chi connectivity index (χ1v) is 11.3. The van der Waals surface area contributed by atoms with Gasteiger partial charge in [0.1, 0.15) is 0 Å². The third-order valence-electron chi connectivity index (χ3n) is 6.27. The second-order valence-corrected chi connectivity index (χ2v) is 8.87. The number of halogens is 2. The van der Waals surface area contributed by atoms with Crippen LogP contribution >= 0.6 is 23.2 Å². The van der Waals surface area contributed by atoms with Crippen LogP contribution < -0.4 is 0 Å². The number of aromatic nitrogens is 1. The molecule has 5 rings (SSSR count). The lowest BCUT2D eigenvalue weighted by Gasteiger charge is -2.32. The van der Waals surface area contributed by atoms with Crippen molar-refractivity contribution >= 4 is 34.1 Å². The van der Waals surface area contributed by atoms with Gasteiger partial charge in [0.2, 0.25) is 0 Å². The maximum Gasteiger partial charge on any atom is 0.0627 e. The minimum Gasteiger partial charge on any atom is -0.354 e. The number of hydrogen-bond acceptors (Lipinski definition) is 1. The molecule has 30 heavy (non-hydrogen) atoms. The zero-order valence-corrected chi connectivity index (χ0v) is 18.3. The van der Waals surface area contributed by atoms with Crippen LogP contribution in [0.4, 0.5) is 0 Å². The Morgan fingerprint density at radius 2 is 1.57 bits per heavy atom. The summed E-state index contributed by atoms with van der Waals surface area (Å²) < 4.78 is 0. The van der Waals surface area contributed by atoms with Gasteiger partial charge in [-0.3, -0.25) is 4.90 Å². The number of H-pyrrole nitrogens is 1. The molecule has 0 amide bonds. The summed E-state index contributed by atoms with van der Waals surface area (Å²) in [6.45, 7) is 3.06. The molecule has 4 aromatic rings. The number of rotatable bonds is 4. The van der Waals surface area contributed by atoms with Gasteiger partial charge < -0.3 is 4.98 Å². The first-order chi connectivity index (χ1) is 14.7. The maximum absolute atomic E-state index is 6.48. The standard InChI is InChI=1S/C26H24Cl2N2/c27-23-11-6-10-20(25(23)28)18-13-15-30(16-14-18)17-22-21-9-4-5-12-24(21)29-26(22)19-7-2-1-3-8-19/h1-12,18,29H,13-17H2. The van der Waals surface area contributed by atoms with E-state index < -0.39 is 0 Å². The molecule has 0 unspecified atom stereocenters. The van der Waals surface area contributed by atoms with Gasteiger partial charge >= 0.3 is 0 Å². The van der Waals surface area contributed by atoms with E-state index in [0.717, 1.165) is 37.5 Å². The first kappa shape index (κ1) is 19.7. The van der Waals surface area contributed by atoms with Gasteiger partial charge in [-0.2, -0.15) is 0 Å². The van der Waals surface area contributed by atoms with Crippen molar-refractivity contribution in [3.05, 3.63) is 94.0 Å². The van der Waals surface area contributed by atoms with Gasteiger partial charge in [0.15, 0.2) is 0 Å². The van der Waals surface area contributed by atoms with Gasteiger partial charge in [-0.1, -0.05) is 83.9 Å². The zero-order valence-electron chi connectivity index (χ0n) is 16.7. The zero-order chi connectivity index (χ0) is 20.5. The summed E-state index contributed by atoms with van der Waals surface area (Å²) >= 11 is 12.7. The number of para-hydroxylation sites is 1. The van der Waals surface area contributed by atoms with Crippen LogP contribution in [0, 0.1) is 0 Å². The second-order valence-electron chi connectivity index (χ2n) is 8.08. The van der Waals surface area contributed by atoms with Crippen LogP contribution in [-0.4, -0.2) is 23.0 Å². The quantitative estimate of drug-likeness (QED) is 0.351. The highest BCUT2D eigenvalue weighted by molar-refractivity contribution is 6.42. The van der Waals surface area contributed by atoms with Crippen molar-refractivity contribution in [2.75, 3.05) is 13.1 Å². The van der Waals surface area contributed by atoms with Crippen LogP contribution in [0.15, 0.2) is 72.8 Å². The molecule has 0 spiro atoms. The SMILES string of the molecule is Clc1cccc(C2CCN(Cc3c(-c4ccccc4)[nH]c4ccccc34)CC2)c1Cl. The number of hydrogen-bond donors (Lipinski definition) is 1. The molecule has 3 aromatic carbocycles. The molecule has 0 bridgehead atoms. The lowest BCUT2D eigenvalue weighted by molar-refractivity contribution is 0.205.